The summed E-state index contributed by atoms with van der Waals surface area (Å²) < 4.78 is 9.11. The van der Waals surface area contributed by atoms with E-state index in [1.165, 1.54) is 0 Å². The Balaban J connectivity index is 1.34. The van der Waals surface area contributed by atoms with Crippen LogP contribution in [-0.4, -0.2) is 25.5 Å². The number of nitrogens with one attached hydrogen (secondary N) is 1. The molecular formula is C23H22ClN5O2. The third-order valence-corrected chi connectivity index (χ3v) is 5.32. The van der Waals surface area contributed by atoms with Crippen molar-refractivity contribution in [3.05, 3.63) is 94.5 Å². The zero-order chi connectivity index (χ0) is 21.8. The lowest BCUT2D eigenvalue weighted by Crippen LogP contribution is -2.14. The molecule has 158 valence electrons. The number of halogens is 1. The molecule has 1 N–H and O–H groups in total. The molecule has 8 heteroatoms. The van der Waals surface area contributed by atoms with Crippen LogP contribution in [0.4, 0.5) is 5.69 Å². The Bertz CT molecular complexity index is 1180. The Morgan fingerprint density at radius 3 is 2.58 bits per heavy atom. The number of nitrogens with zero attached hydrogens (tertiary/aromatic N) is 4. The number of ether oxygens (including phenoxy) is 1. The average Bonchev–Trinajstić information content (AvgIpc) is 3.41. The summed E-state index contributed by atoms with van der Waals surface area (Å²) in [6.07, 6.45) is 5.10. The quantitative estimate of drug-likeness (QED) is 0.457. The van der Waals surface area contributed by atoms with Crippen LogP contribution in [0.2, 0.25) is 5.02 Å². The summed E-state index contributed by atoms with van der Waals surface area (Å²) in [4.78, 5) is 12.5. The lowest BCUT2D eigenvalue weighted by Gasteiger charge is -2.10. The topological polar surface area (TPSA) is 74.0 Å². The monoisotopic (exact) mass is 435 g/mol. The molecule has 0 aliphatic rings. The van der Waals surface area contributed by atoms with Crippen LogP contribution >= 0.6 is 11.6 Å². The van der Waals surface area contributed by atoms with Crippen molar-refractivity contribution in [2.45, 2.75) is 27.1 Å². The fourth-order valence-corrected chi connectivity index (χ4v) is 3.27. The highest BCUT2D eigenvalue weighted by atomic mass is 35.5. The molecular weight excluding hydrogens is 414 g/mol. The molecule has 0 atom stereocenters. The van der Waals surface area contributed by atoms with Crippen LogP contribution < -0.4 is 10.1 Å². The summed E-state index contributed by atoms with van der Waals surface area (Å²) in [5.41, 5.74) is 3.94. The molecule has 4 aromatic rings. The summed E-state index contributed by atoms with van der Waals surface area (Å²) in [5.74, 6) is 0.392. The number of aryl methyl sites for hydroxylation is 2. The minimum Gasteiger partial charge on any atom is -0.471 e. The molecule has 0 radical (unpaired) electrons. The molecule has 0 aliphatic carbocycles. The number of rotatable bonds is 7. The summed E-state index contributed by atoms with van der Waals surface area (Å²) in [7, 11) is 0. The van der Waals surface area contributed by atoms with Crippen molar-refractivity contribution in [1.29, 1.82) is 0 Å². The molecule has 0 saturated carbocycles. The second kappa shape index (κ2) is 9.06. The van der Waals surface area contributed by atoms with E-state index in [1.807, 2.05) is 56.3 Å². The predicted octanol–water partition coefficient (Wildman–Crippen LogP) is 4.69. The van der Waals surface area contributed by atoms with Gasteiger partial charge in [-0.3, -0.25) is 9.48 Å². The van der Waals surface area contributed by atoms with Crippen molar-refractivity contribution in [3.63, 3.8) is 0 Å². The number of carbonyl (C=O) groups is 1. The van der Waals surface area contributed by atoms with Crippen LogP contribution in [0.15, 0.2) is 67.1 Å². The first-order valence-corrected chi connectivity index (χ1v) is 10.2. The van der Waals surface area contributed by atoms with Crippen molar-refractivity contribution in [1.82, 2.24) is 19.6 Å². The maximum absolute atomic E-state index is 12.5. The van der Waals surface area contributed by atoms with E-state index < -0.39 is 0 Å². The average molecular weight is 436 g/mol. The molecule has 0 spiro atoms. The van der Waals surface area contributed by atoms with Gasteiger partial charge in [0.05, 0.1) is 18.4 Å². The van der Waals surface area contributed by atoms with Crippen LogP contribution in [0.25, 0.3) is 0 Å². The molecule has 31 heavy (non-hydrogen) atoms. The van der Waals surface area contributed by atoms with Gasteiger partial charge in [0.1, 0.15) is 5.75 Å². The molecule has 0 bridgehead atoms. The molecule has 2 aromatic carbocycles. The smallest absolute Gasteiger partial charge is 0.276 e. The van der Waals surface area contributed by atoms with Gasteiger partial charge in [-0.2, -0.15) is 10.2 Å². The zero-order valence-electron chi connectivity index (χ0n) is 17.2. The van der Waals surface area contributed by atoms with Gasteiger partial charge in [-0.15, -0.1) is 0 Å². The van der Waals surface area contributed by atoms with Crippen molar-refractivity contribution >= 4 is 23.2 Å². The van der Waals surface area contributed by atoms with Gasteiger partial charge >= 0.3 is 0 Å². The van der Waals surface area contributed by atoms with Crippen LogP contribution in [0.5, 0.6) is 5.75 Å². The van der Waals surface area contributed by atoms with E-state index >= 15 is 0 Å². The highest BCUT2D eigenvalue weighted by molar-refractivity contribution is 6.32. The third-order valence-electron chi connectivity index (χ3n) is 4.73. The van der Waals surface area contributed by atoms with Crippen LogP contribution in [0, 0.1) is 13.8 Å². The lowest BCUT2D eigenvalue weighted by molar-refractivity contribution is 0.102. The minimum absolute atomic E-state index is 0.183. The van der Waals surface area contributed by atoms with Crippen molar-refractivity contribution in [2.24, 2.45) is 0 Å². The standard InChI is InChI=1S/C23H22ClN5O2/c1-16-10-20(11-17(2)22(16)24)31-15-28-9-8-21(27-28)23(30)26-19-12-25-29(14-19)13-18-6-4-3-5-7-18/h3-12,14H,13,15H2,1-2H3,(H,26,30). The third kappa shape index (κ3) is 5.13. The Labute approximate surface area is 185 Å². The van der Waals surface area contributed by atoms with Gasteiger partial charge in [0.2, 0.25) is 0 Å². The Hall–Kier alpha value is -3.58. The van der Waals surface area contributed by atoms with Gasteiger partial charge in [-0.05, 0) is 48.7 Å². The number of anilines is 1. The molecule has 0 aliphatic heterocycles. The Morgan fingerprint density at radius 1 is 1.10 bits per heavy atom. The van der Waals surface area contributed by atoms with Crippen LogP contribution in [0.1, 0.15) is 27.2 Å². The fraction of sp³-hybridized carbons (Fsp3) is 0.174. The summed E-state index contributed by atoms with van der Waals surface area (Å²) in [6.45, 7) is 4.68. The van der Waals surface area contributed by atoms with E-state index in [1.54, 1.807) is 34.0 Å². The second-order valence-electron chi connectivity index (χ2n) is 7.25. The Morgan fingerprint density at radius 2 is 1.84 bits per heavy atom. The van der Waals surface area contributed by atoms with Gasteiger partial charge in [-0.25, -0.2) is 4.68 Å². The molecule has 1 amide bonds. The van der Waals surface area contributed by atoms with Gasteiger partial charge in [-0.1, -0.05) is 41.9 Å². The molecule has 4 rings (SSSR count). The second-order valence-corrected chi connectivity index (χ2v) is 7.63. The Kier molecular flexibility index (Phi) is 6.04. The largest absolute Gasteiger partial charge is 0.471 e. The highest BCUT2D eigenvalue weighted by Crippen LogP contribution is 2.26. The van der Waals surface area contributed by atoms with E-state index in [0.717, 1.165) is 21.7 Å². The van der Waals surface area contributed by atoms with Crippen molar-refractivity contribution < 1.29 is 9.53 Å². The molecule has 2 aromatic heterocycles. The first-order chi connectivity index (χ1) is 15.0. The number of benzene rings is 2. The molecule has 7 nitrogen and oxygen atoms in total. The van der Waals surface area contributed by atoms with Gasteiger partial charge in [0.15, 0.2) is 12.4 Å². The first kappa shape index (κ1) is 20.7. The van der Waals surface area contributed by atoms with Gasteiger partial charge in [0, 0.05) is 17.4 Å². The molecule has 2 heterocycles. The first-order valence-electron chi connectivity index (χ1n) is 9.78. The molecule has 0 unspecified atom stereocenters. The lowest BCUT2D eigenvalue weighted by atomic mass is 10.1. The summed E-state index contributed by atoms with van der Waals surface area (Å²) in [6, 6.07) is 15.4. The minimum atomic E-state index is -0.309. The predicted molar refractivity (Wildman–Crippen MR) is 120 cm³/mol. The summed E-state index contributed by atoms with van der Waals surface area (Å²) in [5, 5.41) is 12.1. The maximum Gasteiger partial charge on any atom is 0.276 e. The van der Waals surface area contributed by atoms with Crippen molar-refractivity contribution in [2.75, 3.05) is 5.32 Å². The van der Waals surface area contributed by atoms with Crippen LogP contribution in [-0.2, 0) is 13.3 Å². The number of carbonyl (C=O) groups excluding carboxylic acids is 1. The van der Waals surface area contributed by atoms with Gasteiger partial charge < -0.3 is 10.1 Å². The number of amides is 1. The maximum atomic E-state index is 12.5. The van der Waals surface area contributed by atoms with E-state index in [0.29, 0.717) is 23.7 Å². The number of hydrogen-bond acceptors (Lipinski definition) is 4. The summed E-state index contributed by atoms with van der Waals surface area (Å²) >= 11 is 6.19. The number of hydrogen-bond donors (Lipinski definition) is 1. The van der Waals surface area contributed by atoms with Crippen molar-refractivity contribution in [3.8, 4) is 5.75 Å². The van der Waals surface area contributed by atoms with E-state index in [4.69, 9.17) is 16.3 Å². The van der Waals surface area contributed by atoms with Gasteiger partial charge in [0.25, 0.3) is 5.91 Å². The van der Waals surface area contributed by atoms with E-state index in [2.05, 4.69) is 15.5 Å². The van der Waals surface area contributed by atoms with E-state index in [-0.39, 0.29) is 12.6 Å². The zero-order valence-corrected chi connectivity index (χ0v) is 18.0. The SMILES string of the molecule is Cc1cc(OCn2ccc(C(=O)Nc3cnn(Cc4ccccc4)c3)n2)cc(C)c1Cl. The fourth-order valence-electron chi connectivity index (χ4n) is 3.17. The van der Waals surface area contributed by atoms with E-state index in [9.17, 15) is 4.79 Å². The normalized spacial score (nSPS) is 10.8. The molecule has 0 saturated heterocycles. The highest BCUT2D eigenvalue weighted by Gasteiger charge is 2.12. The van der Waals surface area contributed by atoms with Crippen LogP contribution in [0.3, 0.4) is 0 Å². The molecule has 0 fully saturated rings. The number of aromatic nitrogens is 4.